The second-order valence-electron chi connectivity index (χ2n) is 4.69. The van der Waals surface area contributed by atoms with Crippen LogP contribution in [0.4, 0.5) is 10.1 Å². The second kappa shape index (κ2) is 6.43. The maximum absolute atomic E-state index is 13.8. The summed E-state index contributed by atoms with van der Waals surface area (Å²) in [5.74, 6) is -0.736. The highest BCUT2D eigenvalue weighted by molar-refractivity contribution is 5.36. The summed E-state index contributed by atoms with van der Waals surface area (Å²) in [5.41, 5.74) is 1.33. The molecule has 0 spiro atoms. The van der Waals surface area contributed by atoms with Gasteiger partial charge in [-0.25, -0.2) is 0 Å². The fourth-order valence-electron chi connectivity index (χ4n) is 2.28. The van der Waals surface area contributed by atoms with Gasteiger partial charge in [-0.2, -0.15) is 4.39 Å². The van der Waals surface area contributed by atoms with Crippen LogP contribution in [0, 0.1) is 15.9 Å². The van der Waals surface area contributed by atoms with Crippen LogP contribution in [0.25, 0.3) is 0 Å². The summed E-state index contributed by atoms with van der Waals surface area (Å²) in [4.78, 5) is 9.92. The number of hydrogen-bond donors (Lipinski definition) is 1. The molecule has 0 radical (unpaired) electrons. The fraction of sp³-hybridized carbons (Fsp3) is 0.429. The Labute approximate surface area is 111 Å². The average molecular weight is 264 g/mol. The zero-order valence-corrected chi connectivity index (χ0v) is 10.7. The van der Waals surface area contributed by atoms with Crippen molar-refractivity contribution in [3.05, 3.63) is 51.3 Å². The van der Waals surface area contributed by atoms with E-state index in [-0.39, 0.29) is 0 Å². The van der Waals surface area contributed by atoms with E-state index in [0.717, 1.165) is 25.8 Å². The smallest absolute Gasteiger partial charge is 0.305 e. The first-order valence-electron chi connectivity index (χ1n) is 6.49. The molecular formula is C14H17FN2O2. The Morgan fingerprint density at radius 1 is 1.42 bits per heavy atom. The molecule has 0 saturated heterocycles. The van der Waals surface area contributed by atoms with Crippen LogP contribution in [-0.2, 0) is 6.54 Å². The molecule has 0 amide bonds. The first-order chi connectivity index (χ1) is 9.18. The summed E-state index contributed by atoms with van der Waals surface area (Å²) >= 11 is 0. The normalized spacial score (nSPS) is 14.5. The number of hydrogen-bond acceptors (Lipinski definition) is 3. The van der Waals surface area contributed by atoms with Crippen molar-refractivity contribution in [2.45, 2.75) is 32.2 Å². The van der Waals surface area contributed by atoms with Gasteiger partial charge in [0, 0.05) is 18.2 Å². The van der Waals surface area contributed by atoms with E-state index in [4.69, 9.17) is 0 Å². The molecule has 0 saturated carbocycles. The topological polar surface area (TPSA) is 55.2 Å². The summed E-state index contributed by atoms with van der Waals surface area (Å²) in [5, 5.41) is 13.7. The molecule has 1 aliphatic carbocycles. The average Bonchev–Trinajstić information content (AvgIpc) is 2.89. The Hall–Kier alpha value is -1.75. The molecule has 0 bridgehead atoms. The lowest BCUT2D eigenvalue weighted by atomic mass is 10.1. The van der Waals surface area contributed by atoms with Gasteiger partial charge >= 0.3 is 5.69 Å². The van der Waals surface area contributed by atoms with Crippen molar-refractivity contribution < 1.29 is 9.31 Å². The van der Waals surface area contributed by atoms with Gasteiger partial charge in [-0.15, -0.1) is 0 Å². The maximum Gasteiger partial charge on any atom is 0.305 e. The van der Waals surface area contributed by atoms with Crippen molar-refractivity contribution in [2.75, 3.05) is 6.54 Å². The molecule has 1 aliphatic rings. The van der Waals surface area contributed by atoms with Crippen molar-refractivity contribution in [1.82, 2.24) is 5.32 Å². The number of nitrogens with one attached hydrogen (secondary N) is 1. The van der Waals surface area contributed by atoms with E-state index in [2.05, 4.69) is 11.4 Å². The van der Waals surface area contributed by atoms with E-state index in [1.165, 1.54) is 24.1 Å². The van der Waals surface area contributed by atoms with E-state index < -0.39 is 16.4 Å². The summed E-state index contributed by atoms with van der Waals surface area (Å²) in [6.07, 6.45) is 6.78. The minimum absolute atomic E-state index is 0.320. The molecule has 19 heavy (non-hydrogen) atoms. The molecule has 1 N–H and O–H groups in total. The van der Waals surface area contributed by atoms with E-state index in [1.54, 1.807) is 6.07 Å². The second-order valence-corrected chi connectivity index (χ2v) is 4.69. The van der Waals surface area contributed by atoms with Gasteiger partial charge in [0.2, 0.25) is 5.82 Å². The van der Waals surface area contributed by atoms with Crippen LogP contribution >= 0.6 is 0 Å². The monoisotopic (exact) mass is 264 g/mol. The minimum atomic E-state index is -0.736. The Morgan fingerprint density at radius 2 is 2.26 bits per heavy atom. The summed E-state index contributed by atoms with van der Waals surface area (Å²) in [6.45, 7) is 1.09. The van der Waals surface area contributed by atoms with Crippen molar-refractivity contribution in [1.29, 1.82) is 0 Å². The van der Waals surface area contributed by atoms with Crippen molar-refractivity contribution in [2.24, 2.45) is 0 Å². The van der Waals surface area contributed by atoms with E-state index in [9.17, 15) is 14.5 Å². The highest BCUT2D eigenvalue weighted by atomic mass is 19.1. The van der Waals surface area contributed by atoms with Gasteiger partial charge in [0.1, 0.15) is 0 Å². The Bertz CT molecular complexity index is 500. The van der Waals surface area contributed by atoms with Gasteiger partial charge in [-0.05, 0) is 32.2 Å². The van der Waals surface area contributed by atoms with Crippen LogP contribution < -0.4 is 5.32 Å². The predicted octanol–water partition coefficient (Wildman–Crippen LogP) is 3.32. The Kier molecular flexibility index (Phi) is 4.63. The molecule has 5 heteroatoms. The van der Waals surface area contributed by atoms with Gasteiger partial charge < -0.3 is 5.32 Å². The highest BCUT2D eigenvalue weighted by Crippen LogP contribution is 2.21. The Balaban J connectivity index is 1.85. The van der Waals surface area contributed by atoms with Gasteiger partial charge in [0.05, 0.1) is 4.92 Å². The van der Waals surface area contributed by atoms with Crippen LogP contribution in [-0.4, -0.2) is 11.5 Å². The largest absolute Gasteiger partial charge is 0.312 e. The molecule has 1 aromatic rings. The quantitative estimate of drug-likeness (QED) is 0.371. The van der Waals surface area contributed by atoms with Crippen LogP contribution in [0.3, 0.4) is 0 Å². The lowest BCUT2D eigenvalue weighted by Gasteiger charge is -2.06. The van der Waals surface area contributed by atoms with Crippen molar-refractivity contribution in [3.63, 3.8) is 0 Å². The number of rotatable bonds is 6. The third kappa shape index (κ3) is 3.61. The van der Waals surface area contributed by atoms with Gasteiger partial charge in [0.15, 0.2) is 0 Å². The fourth-order valence-corrected chi connectivity index (χ4v) is 2.28. The first-order valence-corrected chi connectivity index (χ1v) is 6.49. The highest BCUT2D eigenvalue weighted by Gasteiger charge is 2.16. The lowest BCUT2D eigenvalue weighted by Crippen LogP contribution is -2.16. The Morgan fingerprint density at radius 3 is 2.95 bits per heavy atom. The molecule has 0 atom stereocenters. The number of nitrogens with zero attached hydrogens (tertiary/aromatic N) is 1. The third-order valence-corrected chi connectivity index (χ3v) is 3.33. The van der Waals surface area contributed by atoms with Gasteiger partial charge in [0.25, 0.3) is 0 Å². The number of halogens is 1. The molecule has 2 rings (SSSR count). The molecule has 0 heterocycles. The van der Waals surface area contributed by atoms with Crippen LogP contribution in [0.1, 0.15) is 31.2 Å². The maximum atomic E-state index is 13.8. The standard InChI is InChI=1S/C14H17FN2O2/c15-14-12(6-3-7-13(14)17(18)19)10-16-9-8-11-4-1-2-5-11/h3-4,6-7,16H,1-2,5,8-10H2. The van der Waals surface area contributed by atoms with Crippen LogP contribution in [0.15, 0.2) is 29.8 Å². The van der Waals surface area contributed by atoms with Crippen LogP contribution in [0.5, 0.6) is 0 Å². The molecule has 0 fully saturated rings. The number of benzene rings is 1. The molecule has 1 aromatic carbocycles. The zero-order chi connectivity index (χ0) is 13.7. The minimum Gasteiger partial charge on any atom is -0.312 e. The van der Waals surface area contributed by atoms with E-state index in [0.29, 0.717) is 12.1 Å². The SMILES string of the molecule is O=[N+]([O-])c1cccc(CNCCC2=CCCC2)c1F. The molecule has 0 aromatic heterocycles. The van der Waals surface area contributed by atoms with Gasteiger partial charge in [-0.3, -0.25) is 10.1 Å². The predicted molar refractivity (Wildman–Crippen MR) is 71.3 cm³/mol. The lowest BCUT2D eigenvalue weighted by molar-refractivity contribution is -0.387. The third-order valence-electron chi connectivity index (χ3n) is 3.33. The number of nitro groups is 1. The first kappa shape index (κ1) is 13.7. The van der Waals surface area contributed by atoms with E-state index in [1.807, 2.05) is 0 Å². The number of nitro benzene ring substituents is 1. The zero-order valence-electron chi connectivity index (χ0n) is 10.7. The van der Waals surface area contributed by atoms with Crippen molar-refractivity contribution in [3.8, 4) is 0 Å². The van der Waals surface area contributed by atoms with E-state index >= 15 is 0 Å². The molecule has 4 nitrogen and oxygen atoms in total. The van der Waals surface area contributed by atoms with Gasteiger partial charge in [-0.1, -0.05) is 23.8 Å². The summed E-state index contributed by atoms with van der Waals surface area (Å²) < 4.78 is 13.8. The summed E-state index contributed by atoms with van der Waals surface area (Å²) in [7, 11) is 0. The van der Waals surface area contributed by atoms with Crippen molar-refractivity contribution >= 4 is 5.69 Å². The molecule has 102 valence electrons. The van der Waals surface area contributed by atoms with Crippen LogP contribution in [0.2, 0.25) is 0 Å². The molecule has 0 unspecified atom stereocenters. The molecule has 0 aliphatic heterocycles. The number of allylic oxidation sites excluding steroid dienone is 1. The summed E-state index contributed by atoms with van der Waals surface area (Å²) in [6, 6.07) is 4.27. The molecular weight excluding hydrogens is 247 g/mol.